The van der Waals surface area contributed by atoms with Gasteiger partial charge in [0.1, 0.15) is 0 Å². The van der Waals surface area contributed by atoms with E-state index in [1.54, 1.807) is 0 Å². The van der Waals surface area contributed by atoms with E-state index in [1.165, 1.54) is 16.7 Å². The zero-order valence-electron chi connectivity index (χ0n) is 9.55. The van der Waals surface area contributed by atoms with E-state index in [4.69, 9.17) is 4.74 Å². The van der Waals surface area contributed by atoms with Crippen molar-refractivity contribution < 1.29 is 4.74 Å². The third-order valence-electron chi connectivity index (χ3n) is 3.14. The minimum absolute atomic E-state index is 0.356. The van der Waals surface area contributed by atoms with Gasteiger partial charge in [0.2, 0.25) is 0 Å². The van der Waals surface area contributed by atoms with Crippen LogP contribution in [0, 0.1) is 0 Å². The summed E-state index contributed by atoms with van der Waals surface area (Å²) >= 11 is 0. The first-order chi connectivity index (χ1) is 7.35. The first-order valence-electron chi connectivity index (χ1n) is 5.72. The van der Waals surface area contributed by atoms with E-state index in [1.807, 2.05) is 7.05 Å². The predicted molar refractivity (Wildman–Crippen MR) is 62.1 cm³/mol. The van der Waals surface area contributed by atoms with Crippen molar-refractivity contribution in [2.24, 2.45) is 0 Å². The van der Waals surface area contributed by atoms with Crippen LogP contribution >= 0.6 is 0 Å². The van der Waals surface area contributed by atoms with Crippen LogP contribution in [-0.4, -0.2) is 20.3 Å². The van der Waals surface area contributed by atoms with Gasteiger partial charge in [-0.25, -0.2) is 0 Å². The van der Waals surface area contributed by atoms with Gasteiger partial charge in [-0.05, 0) is 36.6 Å². The number of benzene rings is 1. The van der Waals surface area contributed by atoms with Crippen molar-refractivity contribution in [3.05, 3.63) is 34.9 Å². The van der Waals surface area contributed by atoms with Gasteiger partial charge in [-0.1, -0.05) is 25.1 Å². The van der Waals surface area contributed by atoms with Gasteiger partial charge in [0.25, 0.3) is 0 Å². The second-order valence-electron chi connectivity index (χ2n) is 4.05. The fourth-order valence-corrected chi connectivity index (χ4v) is 2.13. The zero-order valence-corrected chi connectivity index (χ0v) is 9.55. The van der Waals surface area contributed by atoms with Crippen molar-refractivity contribution in [3.8, 4) is 0 Å². The van der Waals surface area contributed by atoms with Crippen LogP contribution in [-0.2, 0) is 17.6 Å². The van der Waals surface area contributed by atoms with Gasteiger partial charge in [0.05, 0.1) is 19.3 Å². The van der Waals surface area contributed by atoms with Gasteiger partial charge in [-0.15, -0.1) is 0 Å². The van der Waals surface area contributed by atoms with E-state index in [0.29, 0.717) is 6.04 Å². The maximum Gasteiger partial charge on any atom is 0.0661 e. The third-order valence-corrected chi connectivity index (χ3v) is 3.14. The molecule has 1 N–H and O–H groups in total. The van der Waals surface area contributed by atoms with Crippen LogP contribution in [0.5, 0.6) is 0 Å². The van der Waals surface area contributed by atoms with Gasteiger partial charge in [0, 0.05) is 0 Å². The number of aryl methyl sites for hydroxylation is 1. The topological polar surface area (TPSA) is 21.3 Å². The lowest BCUT2D eigenvalue weighted by Crippen LogP contribution is -2.21. The van der Waals surface area contributed by atoms with Crippen molar-refractivity contribution in [1.82, 2.24) is 5.32 Å². The molecule has 1 aliphatic rings. The molecule has 0 amide bonds. The van der Waals surface area contributed by atoms with E-state index in [-0.39, 0.29) is 0 Å². The summed E-state index contributed by atoms with van der Waals surface area (Å²) in [6, 6.07) is 7.17. The lowest BCUT2D eigenvalue weighted by Gasteiger charge is -2.17. The van der Waals surface area contributed by atoms with Gasteiger partial charge in [-0.3, -0.25) is 0 Å². The average molecular weight is 205 g/mol. The molecule has 0 saturated heterocycles. The van der Waals surface area contributed by atoms with Crippen LogP contribution < -0.4 is 5.32 Å². The highest BCUT2D eigenvalue weighted by atomic mass is 16.5. The molecule has 1 aliphatic heterocycles. The van der Waals surface area contributed by atoms with Crippen molar-refractivity contribution in [3.63, 3.8) is 0 Å². The highest BCUT2D eigenvalue weighted by Gasteiger charge is 2.17. The fourth-order valence-electron chi connectivity index (χ4n) is 2.13. The summed E-state index contributed by atoms with van der Waals surface area (Å²) in [4.78, 5) is 0. The van der Waals surface area contributed by atoms with Crippen molar-refractivity contribution in [2.75, 3.05) is 20.3 Å². The highest BCUT2D eigenvalue weighted by molar-refractivity contribution is 5.35. The van der Waals surface area contributed by atoms with Gasteiger partial charge in [-0.2, -0.15) is 0 Å². The van der Waals surface area contributed by atoms with Gasteiger partial charge >= 0.3 is 0 Å². The Morgan fingerprint density at radius 2 is 2.33 bits per heavy atom. The van der Waals surface area contributed by atoms with Crippen molar-refractivity contribution in [1.29, 1.82) is 0 Å². The van der Waals surface area contributed by atoms with Crippen LogP contribution in [0.1, 0.15) is 29.7 Å². The van der Waals surface area contributed by atoms with Gasteiger partial charge in [0.15, 0.2) is 0 Å². The van der Waals surface area contributed by atoms with Crippen LogP contribution in [0.2, 0.25) is 0 Å². The summed E-state index contributed by atoms with van der Waals surface area (Å²) in [5, 5.41) is 3.33. The number of nitrogens with one attached hydrogen (secondary N) is 1. The maximum absolute atomic E-state index is 5.59. The molecule has 1 aromatic carbocycles. The molecule has 2 rings (SSSR count). The van der Waals surface area contributed by atoms with Crippen LogP contribution in [0.15, 0.2) is 18.2 Å². The van der Waals surface area contributed by atoms with Gasteiger partial charge < -0.3 is 10.1 Å². The average Bonchev–Trinajstić information content (AvgIpc) is 2.49. The molecule has 0 aromatic heterocycles. The number of rotatable bonds is 2. The molecule has 0 aliphatic carbocycles. The predicted octanol–water partition coefficient (Wildman–Crippen LogP) is 2.08. The Hall–Kier alpha value is -0.860. The lowest BCUT2D eigenvalue weighted by molar-refractivity contribution is 0.123. The van der Waals surface area contributed by atoms with E-state index in [9.17, 15) is 0 Å². The molecule has 15 heavy (non-hydrogen) atoms. The van der Waals surface area contributed by atoms with Crippen LogP contribution in [0.25, 0.3) is 0 Å². The smallest absolute Gasteiger partial charge is 0.0661 e. The molecule has 0 saturated carbocycles. The summed E-state index contributed by atoms with van der Waals surface area (Å²) in [5.74, 6) is 0. The minimum Gasteiger partial charge on any atom is -0.379 e. The quantitative estimate of drug-likeness (QED) is 0.798. The molecular formula is C13H19NO. The maximum atomic E-state index is 5.59. The Balaban J connectivity index is 2.38. The molecule has 1 unspecified atom stereocenters. The summed E-state index contributed by atoms with van der Waals surface area (Å²) in [7, 11) is 2.00. The zero-order chi connectivity index (χ0) is 10.7. The molecule has 0 fully saturated rings. The van der Waals surface area contributed by atoms with E-state index in [2.05, 4.69) is 30.4 Å². The number of fused-ring (bicyclic) bond motifs is 1. The van der Waals surface area contributed by atoms with E-state index in [0.717, 1.165) is 26.1 Å². The summed E-state index contributed by atoms with van der Waals surface area (Å²) in [5.41, 5.74) is 4.27. The molecule has 1 heterocycles. The first kappa shape index (κ1) is 10.7. The molecule has 2 nitrogen and oxygen atoms in total. The van der Waals surface area contributed by atoms with E-state index >= 15 is 0 Å². The SMILES string of the molecule is CCc1ccc2c(c1)C(NC)COCC2. The monoisotopic (exact) mass is 205 g/mol. The van der Waals surface area contributed by atoms with Crippen LogP contribution in [0.4, 0.5) is 0 Å². The largest absolute Gasteiger partial charge is 0.379 e. The second-order valence-corrected chi connectivity index (χ2v) is 4.05. The van der Waals surface area contributed by atoms with Crippen LogP contribution in [0.3, 0.4) is 0 Å². The molecule has 2 heteroatoms. The minimum atomic E-state index is 0.356. The Morgan fingerprint density at radius 1 is 1.47 bits per heavy atom. The molecule has 1 aromatic rings. The molecule has 0 bridgehead atoms. The molecule has 0 radical (unpaired) electrons. The number of likely N-dealkylation sites (N-methyl/N-ethyl adjacent to an activating group) is 1. The van der Waals surface area contributed by atoms with E-state index < -0.39 is 0 Å². The molecule has 1 atom stereocenters. The molecular weight excluding hydrogens is 186 g/mol. The second kappa shape index (κ2) is 4.77. The Bertz CT molecular complexity index is 335. The highest BCUT2D eigenvalue weighted by Crippen LogP contribution is 2.23. The third kappa shape index (κ3) is 2.21. The Kier molecular flexibility index (Phi) is 3.39. The van der Waals surface area contributed by atoms with Crippen molar-refractivity contribution in [2.45, 2.75) is 25.8 Å². The Labute approximate surface area is 91.6 Å². The molecule has 0 spiro atoms. The Morgan fingerprint density at radius 3 is 3.07 bits per heavy atom. The summed E-state index contributed by atoms with van der Waals surface area (Å²) in [6.45, 7) is 3.83. The summed E-state index contributed by atoms with van der Waals surface area (Å²) in [6.07, 6.45) is 2.14. The normalized spacial score (nSPS) is 20.8. The molecule has 82 valence electrons. The fraction of sp³-hybridized carbons (Fsp3) is 0.538. The first-order valence-corrected chi connectivity index (χ1v) is 5.72. The lowest BCUT2D eigenvalue weighted by atomic mass is 9.96. The number of hydrogen-bond acceptors (Lipinski definition) is 2. The van der Waals surface area contributed by atoms with Crippen molar-refractivity contribution >= 4 is 0 Å². The standard InChI is InChI=1S/C13H19NO/c1-3-10-4-5-11-6-7-15-9-13(14-2)12(11)8-10/h4-5,8,13-14H,3,6-7,9H2,1-2H3. The number of hydrogen-bond donors (Lipinski definition) is 1. The summed E-state index contributed by atoms with van der Waals surface area (Å²) < 4.78 is 5.59. The number of ether oxygens (including phenoxy) is 1.